The fourth-order valence-electron chi connectivity index (χ4n) is 1.30. The van der Waals surface area contributed by atoms with Crippen LogP contribution in [0.3, 0.4) is 0 Å². The van der Waals surface area contributed by atoms with Crippen LogP contribution in [0.4, 0.5) is 0 Å². The molecule has 0 bridgehead atoms. The standard InChI is InChI=1S/C9H13BO4S/c1-3-15(13,14)8-4-5-9(10(11)12)7(2)6-8/h4-6,11-12H,3H2,1-2H3. The number of benzene rings is 1. The third-order valence-electron chi connectivity index (χ3n) is 2.26. The van der Waals surface area contributed by atoms with Crippen molar-refractivity contribution in [3.05, 3.63) is 23.8 Å². The molecule has 2 N–H and O–H groups in total. The highest BCUT2D eigenvalue weighted by atomic mass is 32.2. The summed E-state index contributed by atoms with van der Waals surface area (Å²) in [6.45, 7) is 3.21. The first-order valence-electron chi connectivity index (χ1n) is 4.58. The van der Waals surface area contributed by atoms with E-state index in [1.165, 1.54) is 18.2 Å². The zero-order valence-corrected chi connectivity index (χ0v) is 9.45. The minimum absolute atomic E-state index is 0.0352. The summed E-state index contributed by atoms with van der Waals surface area (Å²) in [6.07, 6.45) is 0. The Labute approximate surface area is 89.6 Å². The lowest BCUT2D eigenvalue weighted by molar-refractivity contribution is 0.425. The molecule has 0 unspecified atom stereocenters. The van der Waals surface area contributed by atoms with Gasteiger partial charge in [-0.15, -0.1) is 0 Å². The highest BCUT2D eigenvalue weighted by Gasteiger charge is 2.17. The fraction of sp³-hybridized carbons (Fsp3) is 0.333. The van der Waals surface area contributed by atoms with Gasteiger partial charge in [0.05, 0.1) is 10.6 Å². The average molecular weight is 228 g/mol. The zero-order valence-electron chi connectivity index (χ0n) is 8.64. The first-order valence-corrected chi connectivity index (χ1v) is 6.23. The van der Waals surface area contributed by atoms with Gasteiger partial charge >= 0.3 is 7.12 Å². The molecule has 1 rings (SSSR count). The second-order valence-corrected chi connectivity index (χ2v) is 5.57. The Bertz CT molecular complexity index is 453. The third-order valence-corrected chi connectivity index (χ3v) is 3.99. The maximum atomic E-state index is 11.5. The smallest absolute Gasteiger partial charge is 0.423 e. The first-order chi connectivity index (χ1) is 6.88. The number of rotatable bonds is 3. The van der Waals surface area contributed by atoms with Crippen LogP contribution >= 0.6 is 0 Å². The largest absolute Gasteiger partial charge is 0.488 e. The Hall–Kier alpha value is -0.845. The van der Waals surface area contributed by atoms with Crippen LogP contribution in [-0.4, -0.2) is 31.3 Å². The molecule has 0 radical (unpaired) electrons. The summed E-state index contributed by atoms with van der Waals surface area (Å²) in [6, 6.07) is 4.26. The SMILES string of the molecule is CCS(=O)(=O)c1ccc(B(O)O)c(C)c1. The van der Waals surface area contributed by atoms with Gasteiger partial charge in [-0.3, -0.25) is 0 Å². The van der Waals surface area contributed by atoms with Crippen molar-refractivity contribution in [2.45, 2.75) is 18.7 Å². The van der Waals surface area contributed by atoms with E-state index in [4.69, 9.17) is 10.0 Å². The van der Waals surface area contributed by atoms with E-state index in [0.29, 0.717) is 11.0 Å². The van der Waals surface area contributed by atoms with Crippen molar-refractivity contribution in [3.63, 3.8) is 0 Å². The Morgan fingerprint density at radius 1 is 1.33 bits per heavy atom. The van der Waals surface area contributed by atoms with Gasteiger partial charge in [-0.2, -0.15) is 0 Å². The third kappa shape index (κ3) is 2.59. The van der Waals surface area contributed by atoms with E-state index in [1.807, 2.05) is 0 Å². The van der Waals surface area contributed by atoms with Gasteiger partial charge in [0.1, 0.15) is 0 Å². The second kappa shape index (κ2) is 4.34. The van der Waals surface area contributed by atoms with Gasteiger partial charge in [0.25, 0.3) is 0 Å². The van der Waals surface area contributed by atoms with Gasteiger partial charge in [-0.25, -0.2) is 8.42 Å². The van der Waals surface area contributed by atoms with Gasteiger partial charge in [-0.1, -0.05) is 18.6 Å². The van der Waals surface area contributed by atoms with Gasteiger partial charge < -0.3 is 10.0 Å². The molecule has 1 aromatic carbocycles. The lowest BCUT2D eigenvalue weighted by Crippen LogP contribution is -2.32. The zero-order chi connectivity index (χ0) is 11.6. The minimum atomic E-state index is -3.23. The molecule has 4 nitrogen and oxygen atoms in total. The summed E-state index contributed by atoms with van der Waals surface area (Å²) in [5.74, 6) is 0.0352. The second-order valence-electron chi connectivity index (χ2n) is 3.30. The highest BCUT2D eigenvalue weighted by Crippen LogP contribution is 2.11. The minimum Gasteiger partial charge on any atom is -0.423 e. The van der Waals surface area contributed by atoms with Gasteiger partial charge in [-0.05, 0) is 24.5 Å². The summed E-state index contributed by atoms with van der Waals surface area (Å²) in [5, 5.41) is 17.9. The molecule has 82 valence electrons. The van der Waals surface area contributed by atoms with Crippen molar-refractivity contribution in [1.82, 2.24) is 0 Å². The van der Waals surface area contributed by atoms with Crippen LogP contribution in [0.1, 0.15) is 12.5 Å². The van der Waals surface area contributed by atoms with Crippen LogP contribution in [-0.2, 0) is 9.84 Å². The van der Waals surface area contributed by atoms with E-state index < -0.39 is 17.0 Å². The number of sulfone groups is 1. The van der Waals surface area contributed by atoms with Crippen LogP contribution in [0.5, 0.6) is 0 Å². The molecule has 0 atom stereocenters. The van der Waals surface area contributed by atoms with Crippen molar-refractivity contribution in [1.29, 1.82) is 0 Å². The molecule has 15 heavy (non-hydrogen) atoms. The molecule has 0 amide bonds. The number of hydrogen-bond donors (Lipinski definition) is 2. The molecule has 0 aromatic heterocycles. The van der Waals surface area contributed by atoms with Crippen LogP contribution < -0.4 is 5.46 Å². The molecular weight excluding hydrogens is 215 g/mol. The van der Waals surface area contributed by atoms with Crippen molar-refractivity contribution < 1.29 is 18.5 Å². The summed E-state index contributed by atoms with van der Waals surface area (Å²) in [7, 11) is -4.79. The highest BCUT2D eigenvalue weighted by molar-refractivity contribution is 7.91. The molecule has 0 aliphatic heterocycles. The Kier molecular flexibility index (Phi) is 3.54. The fourth-order valence-corrected chi connectivity index (χ4v) is 2.26. The van der Waals surface area contributed by atoms with Crippen molar-refractivity contribution in [2.75, 3.05) is 5.75 Å². The summed E-state index contributed by atoms with van der Waals surface area (Å²) in [5.41, 5.74) is 0.879. The van der Waals surface area contributed by atoms with Crippen LogP contribution in [0, 0.1) is 6.92 Å². The van der Waals surface area contributed by atoms with Crippen molar-refractivity contribution >= 4 is 22.4 Å². The molecule has 6 heteroatoms. The molecule has 0 aliphatic rings. The monoisotopic (exact) mass is 228 g/mol. The summed E-state index contributed by atoms with van der Waals surface area (Å²) >= 11 is 0. The maximum Gasteiger partial charge on any atom is 0.488 e. The van der Waals surface area contributed by atoms with Crippen LogP contribution in [0.25, 0.3) is 0 Å². The van der Waals surface area contributed by atoms with Crippen LogP contribution in [0.15, 0.2) is 23.1 Å². The van der Waals surface area contributed by atoms with E-state index in [9.17, 15) is 8.42 Å². The average Bonchev–Trinajstić information content (AvgIpc) is 2.17. The molecule has 0 heterocycles. The summed E-state index contributed by atoms with van der Waals surface area (Å²) < 4.78 is 23.0. The number of aryl methyl sites for hydroxylation is 1. The van der Waals surface area contributed by atoms with Crippen molar-refractivity contribution in [3.8, 4) is 0 Å². The summed E-state index contributed by atoms with van der Waals surface area (Å²) in [4.78, 5) is 0.215. The Morgan fingerprint density at radius 3 is 2.33 bits per heavy atom. The lowest BCUT2D eigenvalue weighted by Gasteiger charge is -2.07. The quantitative estimate of drug-likeness (QED) is 0.682. The van der Waals surface area contributed by atoms with E-state index in [0.717, 1.165) is 0 Å². The van der Waals surface area contributed by atoms with Crippen LogP contribution in [0.2, 0.25) is 0 Å². The molecule has 0 spiro atoms. The molecule has 0 saturated heterocycles. The van der Waals surface area contributed by atoms with E-state index in [-0.39, 0.29) is 10.6 Å². The lowest BCUT2D eigenvalue weighted by atomic mass is 9.77. The van der Waals surface area contributed by atoms with E-state index >= 15 is 0 Å². The maximum absolute atomic E-state index is 11.5. The van der Waals surface area contributed by atoms with Gasteiger partial charge in [0.15, 0.2) is 9.84 Å². The Morgan fingerprint density at radius 2 is 1.93 bits per heavy atom. The predicted octanol–water partition coefficient (Wildman–Crippen LogP) is -0.532. The number of hydrogen-bond acceptors (Lipinski definition) is 4. The van der Waals surface area contributed by atoms with E-state index in [2.05, 4.69) is 0 Å². The normalized spacial score (nSPS) is 11.5. The van der Waals surface area contributed by atoms with Crippen molar-refractivity contribution in [2.24, 2.45) is 0 Å². The van der Waals surface area contributed by atoms with Gasteiger partial charge in [0.2, 0.25) is 0 Å². The molecule has 0 saturated carbocycles. The first kappa shape index (κ1) is 12.2. The van der Waals surface area contributed by atoms with E-state index in [1.54, 1.807) is 13.8 Å². The van der Waals surface area contributed by atoms with Gasteiger partial charge in [0, 0.05) is 0 Å². The Balaban J connectivity index is 3.24. The molecule has 0 fully saturated rings. The molecule has 1 aromatic rings. The molecular formula is C9H13BO4S. The predicted molar refractivity (Wildman–Crippen MR) is 58.7 cm³/mol. The molecule has 0 aliphatic carbocycles. The topological polar surface area (TPSA) is 74.6 Å².